The number of allylic oxidation sites excluding steroid dienone is 1. The molecule has 17 heavy (non-hydrogen) atoms. The quantitative estimate of drug-likeness (QED) is 0.551. The number of hydrogen-bond donors (Lipinski definition) is 1. The number of ether oxygens (including phenoxy) is 1. The molecule has 0 rings (SSSR count). The molecule has 0 aliphatic rings. The van der Waals surface area contributed by atoms with Gasteiger partial charge in [-0.2, -0.15) is 0 Å². The molecule has 1 atom stereocenters. The summed E-state index contributed by atoms with van der Waals surface area (Å²) in [5, 5.41) is 0. The number of carbonyl (C=O) groups is 1. The first-order valence-corrected chi connectivity index (χ1v) is 6.08. The number of methoxy groups -OCH3 is 1. The fourth-order valence-corrected chi connectivity index (χ4v) is 2.66. The standard InChI is InChI=1S/C14H27NO2/c1-7-8-13(2,3)10-14(4,5)9-11(15)12(16)17-6/h7,11H,1,8-10,15H2,2-6H3/t11-/m0/s1. The normalized spacial score (nSPS) is 14.2. The highest BCUT2D eigenvalue weighted by Gasteiger charge is 2.31. The van der Waals surface area contributed by atoms with Crippen molar-refractivity contribution in [3.05, 3.63) is 12.7 Å². The third-order valence-electron chi connectivity index (χ3n) is 2.93. The average Bonchev–Trinajstić information content (AvgIpc) is 2.13. The summed E-state index contributed by atoms with van der Waals surface area (Å²) in [5.41, 5.74) is 6.01. The van der Waals surface area contributed by atoms with Crippen LogP contribution in [-0.4, -0.2) is 19.1 Å². The van der Waals surface area contributed by atoms with E-state index in [0.29, 0.717) is 6.42 Å². The molecule has 0 aliphatic carbocycles. The van der Waals surface area contributed by atoms with Gasteiger partial charge in [-0.05, 0) is 30.1 Å². The Morgan fingerprint density at radius 1 is 1.35 bits per heavy atom. The molecular weight excluding hydrogens is 214 g/mol. The van der Waals surface area contributed by atoms with Gasteiger partial charge in [-0.3, -0.25) is 4.79 Å². The van der Waals surface area contributed by atoms with Gasteiger partial charge in [0.1, 0.15) is 6.04 Å². The maximum atomic E-state index is 11.3. The van der Waals surface area contributed by atoms with Crippen molar-refractivity contribution in [2.24, 2.45) is 16.6 Å². The third kappa shape index (κ3) is 6.47. The highest BCUT2D eigenvalue weighted by Crippen LogP contribution is 2.39. The van der Waals surface area contributed by atoms with Crippen molar-refractivity contribution in [3.63, 3.8) is 0 Å². The lowest BCUT2D eigenvalue weighted by Crippen LogP contribution is -2.37. The van der Waals surface area contributed by atoms with Crippen LogP contribution in [0.3, 0.4) is 0 Å². The summed E-state index contributed by atoms with van der Waals surface area (Å²) < 4.78 is 4.66. The van der Waals surface area contributed by atoms with E-state index in [2.05, 4.69) is 39.0 Å². The Labute approximate surface area is 105 Å². The minimum absolute atomic E-state index is 0.0140. The van der Waals surface area contributed by atoms with Gasteiger partial charge in [0.2, 0.25) is 0 Å². The summed E-state index contributed by atoms with van der Waals surface area (Å²) in [4.78, 5) is 11.3. The van der Waals surface area contributed by atoms with Crippen LogP contribution >= 0.6 is 0 Å². The molecule has 0 radical (unpaired) electrons. The molecule has 0 saturated heterocycles. The van der Waals surface area contributed by atoms with E-state index in [-0.39, 0.29) is 16.8 Å². The Balaban J connectivity index is 4.47. The van der Waals surface area contributed by atoms with Crippen molar-refractivity contribution in [2.45, 2.75) is 53.0 Å². The maximum Gasteiger partial charge on any atom is 0.322 e. The summed E-state index contributed by atoms with van der Waals surface area (Å²) in [6.07, 6.45) is 4.54. The highest BCUT2D eigenvalue weighted by molar-refractivity contribution is 5.75. The summed E-state index contributed by atoms with van der Waals surface area (Å²) in [7, 11) is 1.37. The first-order valence-electron chi connectivity index (χ1n) is 6.08. The predicted octanol–water partition coefficient (Wildman–Crippen LogP) is 2.90. The molecule has 0 heterocycles. The topological polar surface area (TPSA) is 52.3 Å². The van der Waals surface area contributed by atoms with Gasteiger partial charge in [-0.1, -0.05) is 33.8 Å². The molecule has 0 aromatic carbocycles. The molecule has 0 aromatic heterocycles. The minimum Gasteiger partial charge on any atom is -0.468 e. The maximum absolute atomic E-state index is 11.3. The Hall–Kier alpha value is -0.830. The number of hydrogen-bond acceptors (Lipinski definition) is 3. The molecular formula is C14H27NO2. The molecule has 0 amide bonds. The van der Waals surface area contributed by atoms with Crippen LogP contribution in [0.4, 0.5) is 0 Å². The Morgan fingerprint density at radius 3 is 2.29 bits per heavy atom. The van der Waals surface area contributed by atoms with Gasteiger partial charge in [0.05, 0.1) is 7.11 Å². The lowest BCUT2D eigenvalue weighted by atomic mass is 9.71. The lowest BCUT2D eigenvalue weighted by Gasteiger charge is -2.35. The van der Waals surface area contributed by atoms with Crippen LogP contribution in [0.25, 0.3) is 0 Å². The van der Waals surface area contributed by atoms with E-state index in [1.54, 1.807) is 0 Å². The molecule has 0 fully saturated rings. The van der Waals surface area contributed by atoms with Crippen LogP contribution in [0.1, 0.15) is 47.0 Å². The Bertz CT molecular complexity index is 269. The van der Waals surface area contributed by atoms with Gasteiger partial charge in [0, 0.05) is 0 Å². The highest BCUT2D eigenvalue weighted by atomic mass is 16.5. The Kier molecular flexibility index (Phi) is 5.89. The van der Waals surface area contributed by atoms with Crippen molar-refractivity contribution >= 4 is 5.97 Å². The van der Waals surface area contributed by atoms with Crippen molar-refractivity contribution in [1.29, 1.82) is 0 Å². The number of esters is 1. The summed E-state index contributed by atoms with van der Waals surface area (Å²) in [5.74, 6) is -0.334. The monoisotopic (exact) mass is 241 g/mol. The predicted molar refractivity (Wildman–Crippen MR) is 71.6 cm³/mol. The molecule has 100 valence electrons. The molecule has 0 spiro atoms. The molecule has 3 heteroatoms. The van der Waals surface area contributed by atoms with Gasteiger partial charge >= 0.3 is 5.97 Å². The van der Waals surface area contributed by atoms with E-state index in [4.69, 9.17) is 5.73 Å². The molecule has 0 aliphatic heterocycles. The van der Waals surface area contributed by atoms with Crippen LogP contribution < -0.4 is 5.73 Å². The zero-order valence-electron chi connectivity index (χ0n) is 11.9. The van der Waals surface area contributed by atoms with E-state index >= 15 is 0 Å². The smallest absolute Gasteiger partial charge is 0.322 e. The van der Waals surface area contributed by atoms with E-state index in [9.17, 15) is 4.79 Å². The lowest BCUT2D eigenvalue weighted by molar-refractivity contribution is -0.143. The van der Waals surface area contributed by atoms with Gasteiger partial charge in [-0.25, -0.2) is 0 Å². The largest absolute Gasteiger partial charge is 0.468 e. The fraction of sp³-hybridized carbons (Fsp3) is 0.786. The van der Waals surface area contributed by atoms with Gasteiger partial charge in [0.25, 0.3) is 0 Å². The zero-order chi connectivity index (χ0) is 13.7. The molecule has 0 unspecified atom stereocenters. The second-order valence-corrected chi connectivity index (χ2v) is 6.33. The van der Waals surface area contributed by atoms with E-state index in [1.165, 1.54) is 7.11 Å². The number of carbonyl (C=O) groups excluding carboxylic acids is 1. The van der Waals surface area contributed by atoms with Gasteiger partial charge in [0.15, 0.2) is 0 Å². The average molecular weight is 241 g/mol. The van der Waals surface area contributed by atoms with Crippen LogP contribution in [0, 0.1) is 10.8 Å². The van der Waals surface area contributed by atoms with Crippen LogP contribution in [0.5, 0.6) is 0 Å². The van der Waals surface area contributed by atoms with Crippen molar-refractivity contribution in [2.75, 3.05) is 7.11 Å². The molecule has 0 bridgehead atoms. The van der Waals surface area contributed by atoms with E-state index in [1.807, 2.05) is 6.08 Å². The van der Waals surface area contributed by atoms with Crippen LogP contribution in [-0.2, 0) is 9.53 Å². The summed E-state index contributed by atoms with van der Waals surface area (Å²) in [6, 6.07) is -0.533. The summed E-state index contributed by atoms with van der Waals surface area (Å²) in [6.45, 7) is 12.5. The van der Waals surface area contributed by atoms with E-state index in [0.717, 1.165) is 12.8 Å². The molecule has 0 saturated carbocycles. The van der Waals surface area contributed by atoms with Crippen LogP contribution in [0.15, 0.2) is 12.7 Å². The van der Waals surface area contributed by atoms with Crippen LogP contribution in [0.2, 0.25) is 0 Å². The fourth-order valence-electron chi connectivity index (χ4n) is 2.66. The Morgan fingerprint density at radius 2 is 1.88 bits per heavy atom. The van der Waals surface area contributed by atoms with E-state index < -0.39 is 6.04 Å². The second-order valence-electron chi connectivity index (χ2n) is 6.33. The first-order chi connectivity index (χ1) is 7.63. The van der Waals surface area contributed by atoms with Crippen molar-refractivity contribution in [1.82, 2.24) is 0 Å². The zero-order valence-corrected chi connectivity index (χ0v) is 11.9. The minimum atomic E-state index is -0.533. The van der Waals surface area contributed by atoms with Crippen molar-refractivity contribution in [3.8, 4) is 0 Å². The molecule has 2 N–H and O–H groups in total. The third-order valence-corrected chi connectivity index (χ3v) is 2.93. The molecule has 3 nitrogen and oxygen atoms in total. The summed E-state index contributed by atoms with van der Waals surface area (Å²) >= 11 is 0. The number of rotatable bonds is 7. The van der Waals surface area contributed by atoms with Crippen molar-refractivity contribution < 1.29 is 9.53 Å². The molecule has 0 aromatic rings. The first kappa shape index (κ1) is 16.2. The van der Waals surface area contributed by atoms with Gasteiger partial charge in [-0.15, -0.1) is 6.58 Å². The van der Waals surface area contributed by atoms with Gasteiger partial charge < -0.3 is 10.5 Å². The SMILES string of the molecule is C=CCC(C)(C)CC(C)(C)C[C@H](N)C(=O)OC. The number of nitrogens with two attached hydrogens (primary N) is 1. The second kappa shape index (κ2) is 6.20.